The normalized spacial score (nSPS) is 26.8. The minimum Gasteiger partial charge on any atom is -0.395 e. The number of carbonyl (C=O) groups excluding carboxylic acids is 1. The van der Waals surface area contributed by atoms with Crippen molar-refractivity contribution in [3.05, 3.63) is 18.1 Å². The molecule has 0 saturated carbocycles. The van der Waals surface area contributed by atoms with E-state index < -0.39 is 24.3 Å². The van der Waals surface area contributed by atoms with Gasteiger partial charge in [0.2, 0.25) is 5.91 Å². The highest BCUT2D eigenvalue weighted by atomic mass is 16.3. The average molecular weight is 335 g/mol. The van der Waals surface area contributed by atoms with Gasteiger partial charge in [0, 0.05) is 18.2 Å². The maximum Gasteiger partial charge on any atom is 0.225 e. The number of rotatable bonds is 5. The Balaban J connectivity index is 1.93. The summed E-state index contributed by atoms with van der Waals surface area (Å²) in [6, 6.07) is -1.19. The summed E-state index contributed by atoms with van der Waals surface area (Å²) in [6.07, 6.45) is 1.97. The van der Waals surface area contributed by atoms with Gasteiger partial charge in [-0.3, -0.25) is 4.79 Å². The van der Waals surface area contributed by atoms with E-state index in [1.54, 1.807) is 6.20 Å². The number of aliphatic hydroxyl groups is 3. The third-order valence-corrected chi connectivity index (χ3v) is 4.26. The van der Waals surface area contributed by atoms with Crippen molar-refractivity contribution in [2.24, 2.45) is 0 Å². The number of hydrogen-bond donors (Lipinski definition) is 6. The summed E-state index contributed by atoms with van der Waals surface area (Å²) < 4.78 is 0. The molecule has 3 rings (SSSR count). The molecule has 1 aliphatic heterocycles. The molecule has 0 unspecified atom stereocenters. The third kappa shape index (κ3) is 2.86. The number of aromatic amines is 1. The van der Waals surface area contributed by atoms with E-state index in [9.17, 15) is 20.1 Å². The topological polar surface area (TPSA) is 143 Å². The van der Waals surface area contributed by atoms with Crippen molar-refractivity contribution in [3.8, 4) is 0 Å². The van der Waals surface area contributed by atoms with E-state index in [0.29, 0.717) is 28.8 Å². The van der Waals surface area contributed by atoms with Gasteiger partial charge in [0.1, 0.15) is 17.9 Å². The highest BCUT2D eigenvalue weighted by Gasteiger charge is 2.42. The van der Waals surface area contributed by atoms with Crippen molar-refractivity contribution in [1.82, 2.24) is 20.3 Å². The molecule has 9 nitrogen and oxygen atoms in total. The molecule has 9 heteroatoms. The second-order valence-corrected chi connectivity index (χ2v) is 5.90. The Bertz CT molecular complexity index is 734. The van der Waals surface area contributed by atoms with Gasteiger partial charge in [-0.05, 0) is 6.42 Å². The fourth-order valence-electron chi connectivity index (χ4n) is 3.01. The standard InChI is InChI=1S/C15H21N5O4/c1-2-3-9(22)20-15-12-10(17-6-18-15)7(4-16-12)11-14(24)13(23)8(5-21)19-11/h4,6,8,11,13-14,16,19,21,23-24H,2-3,5H2,1H3,(H,17,18,20,22)/t8-,11+,13-,14+/m1/s1. The molecule has 1 fully saturated rings. The van der Waals surface area contributed by atoms with Crippen molar-refractivity contribution in [2.45, 2.75) is 44.1 Å². The molecule has 130 valence electrons. The Labute approximate surface area is 138 Å². The Morgan fingerprint density at radius 1 is 1.33 bits per heavy atom. The number of nitrogens with one attached hydrogen (secondary N) is 3. The quantitative estimate of drug-likeness (QED) is 0.429. The van der Waals surface area contributed by atoms with Gasteiger partial charge in [-0.25, -0.2) is 9.97 Å². The number of amides is 1. The molecular formula is C15H21N5O4. The molecule has 0 bridgehead atoms. The summed E-state index contributed by atoms with van der Waals surface area (Å²) in [5.41, 5.74) is 1.73. The SMILES string of the molecule is CCCC(=O)Nc1ncnc2c([C@@H]3N[C@H](CO)[C@@H](O)[C@H]3O)c[nH]c12. The number of aliphatic hydroxyl groups excluding tert-OH is 3. The van der Waals surface area contributed by atoms with E-state index in [2.05, 4.69) is 25.6 Å². The van der Waals surface area contributed by atoms with Crippen molar-refractivity contribution >= 4 is 22.8 Å². The summed E-state index contributed by atoms with van der Waals surface area (Å²) in [4.78, 5) is 23.1. The van der Waals surface area contributed by atoms with Crippen LogP contribution in [0.4, 0.5) is 5.82 Å². The molecule has 0 aromatic carbocycles. The van der Waals surface area contributed by atoms with Crippen LogP contribution in [-0.2, 0) is 4.79 Å². The van der Waals surface area contributed by atoms with E-state index in [-0.39, 0.29) is 12.5 Å². The predicted molar refractivity (Wildman–Crippen MR) is 86.2 cm³/mol. The van der Waals surface area contributed by atoms with Gasteiger partial charge >= 0.3 is 0 Å². The van der Waals surface area contributed by atoms with Crippen LogP contribution in [0.25, 0.3) is 11.0 Å². The van der Waals surface area contributed by atoms with Gasteiger partial charge in [0.05, 0.1) is 30.3 Å². The largest absolute Gasteiger partial charge is 0.395 e. The lowest BCUT2D eigenvalue weighted by Gasteiger charge is -2.14. The number of carbonyl (C=O) groups is 1. The number of hydrogen-bond acceptors (Lipinski definition) is 7. The molecular weight excluding hydrogens is 314 g/mol. The van der Waals surface area contributed by atoms with E-state index >= 15 is 0 Å². The zero-order chi connectivity index (χ0) is 17.3. The smallest absolute Gasteiger partial charge is 0.225 e. The van der Waals surface area contributed by atoms with E-state index in [1.165, 1.54) is 6.33 Å². The summed E-state index contributed by atoms with van der Waals surface area (Å²) in [7, 11) is 0. The van der Waals surface area contributed by atoms with Crippen LogP contribution in [0.2, 0.25) is 0 Å². The lowest BCUT2D eigenvalue weighted by Crippen LogP contribution is -2.35. The molecule has 0 radical (unpaired) electrons. The Kier molecular flexibility index (Phi) is 4.76. The van der Waals surface area contributed by atoms with Gasteiger partial charge in [0.15, 0.2) is 5.82 Å². The van der Waals surface area contributed by atoms with Gasteiger partial charge in [-0.1, -0.05) is 6.92 Å². The van der Waals surface area contributed by atoms with Crippen molar-refractivity contribution in [3.63, 3.8) is 0 Å². The summed E-state index contributed by atoms with van der Waals surface area (Å²) >= 11 is 0. The minimum atomic E-state index is -1.07. The Morgan fingerprint density at radius 3 is 2.79 bits per heavy atom. The molecule has 1 saturated heterocycles. The second kappa shape index (κ2) is 6.81. The fraction of sp³-hybridized carbons (Fsp3) is 0.533. The maximum absolute atomic E-state index is 11.8. The molecule has 1 aliphatic rings. The van der Waals surface area contributed by atoms with E-state index in [4.69, 9.17) is 0 Å². The first kappa shape index (κ1) is 16.8. The molecule has 0 spiro atoms. The zero-order valence-corrected chi connectivity index (χ0v) is 13.2. The van der Waals surface area contributed by atoms with Crippen molar-refractivity contribution < 1.29 is 20.1 Å². The first-order chi connectivity index (χ1) is 11.6. The Hall–Kier alpha value is -2.07. The van der Waals surface area contributed by atoms with Crippen LogP contribution in [0.3, 0.4) is 0 Å². The van der Waals surface area contributed by atoms with Crippen molar-refractivity contribution in [2.75, 3.05) is 11.9 Å². The molecule has 0 aliphatic carbocycles. The van der Waals surface area contributed by atoms with Crippen molar-refractivity contribution in [1.29, 1.82) is 0 Å². The molecule has 2 aromatic heterocycles. The van der Waals surface area contributed by atoms with Crippen LogP contribution in [0, 0.1) is 0 Å². The summed E-state index contributed by atoms with van der Waals surface area (Å²) in [5.74, 6) is 0.236. The van der Waals surface area contributed by atoms with Crippen LogP contribution < -0.4 is 10.6 Å². The van der Waals surface area contributed by atoms with Gasteiger partial charge < -0.3 is 30.9 Å². The summed E-state index contributed by atoms with van der Waals surface area (Å²) in [5, 5.41) is 35.2. The lowest BCUT2D eigenvalue weighted by atomic mass is 10.0. The molecule has 6 N–H and O–H groups in total. The number of nitrogens with zero attached hydrogens (tertiary/aromatic N) is 2. The highest BCUT2D eigenvalue weighted by molar-refractivity contribution is 5.98. The number of aromatic nitrogens is 3. The second-order valence-electron chi connectivity index (χ2n) is 5.90. The van der Waals surface area contributed by atoms with Crippen LogP contribution in [0.1, 0.15) is 31.4 Å². The lowest BCUT2D eigenvalue weighted by molar-refractivity contribution is -0.116. The Morgan fingerprint density at radius 2 is 2.12 bits per heavy atom. The third-order valence-electron chi connectivity index (χ3n) is 4.26. The minimum absolute atomic E-state index is 0.136. The van der Waals surface area contributed by atoms with Gasteiger partial charge in [0.25, 0.3) is 0 Å². The monoisotopic (exact) mass is 335 g/mol. The van der Waals surface area contributed by atoms with Crippen LogP contribution >= 0.6 is 0 Å². The van der Waals surface area contributed by atoms with Crippen LogP contribution in [0.5, 0.6) is 0 Å². The van der Waals surface area contributed by atoms with E-state index in [0.717, 1.165) is 6.42 Å². The number of H-pyrrole nitrogens is 1. The highest BCUT2D eigenvalue weighted by Crippen LogP contribution is 2.32. The molecule has 1 amide bonds. The van der Waals surface area contributed by atoms with Gasteiger partial charge in [-0.15, -0.1) is 0 Å². The number of anilines is 1. The zero-order valence-electron chi connectivity index (χ0n) is 13.2. The maximum atomic E-state index is 11.8. The van der Waals surface area contributed by atoms with E-state index in [1.807, 2.05) is 6.92 Å². The average Bonchev–Trinajstić information content (AvgIpc) is 3.11. The molecule has 3 heterocycles. The van der Waals surface area contributed by atoms with Crippen LogP contribution in [0.15, 0.2) is 12.5 Å². The molecule has 2 aromatic rings. The fourth-order valence-corrected chi connectivity index (χ4v) is 3.01. The molecule has 24 heavy (non-hydrogen) atoms. The first-order valence-corrected chi connectivity index (χ1v) is 7.91. The summed E-state index contributed by atoms with van der Waals surface area (Å²) in [6.45, 7) is 1.63. The molecule has 4 atom stereocenters. The number of fused-ring (bicyclic) bond motifs is 1. The van der Waals surface area contributed by atoms with Crippen LogP contribution in [-0.4, -0.2) is 61.0 Å². The van der Waals surface area contributed by atoms with Gasteiger partial charge in [-0.2, -0.15) is 0 Å². The predicted octanol–water partition coefficient (Wildman–Crippen LogP) is -0.577. The first-order valence-electron chi connectivity index (χ1n) is 7.91.